The summed E-state index contributed by atoms with van der Waals surface area (Å²) in [5.74, 6) is 0. The minimum Gasteiger partial charge on any atom is -0.450 e. The Labute approximate surface area is 209 Å². The topological polar surface area (TPSA) is 107 Å². The molecule has 0 aliphatic carbocycles. The van der Waals surface area contributed by atoms with E-state index in [4.69, 9.17) is 15.2 Å². The normalized spacial score (nSPS) is 11.1. The minimum absolute atomic E-state index is 0.288. The van der Waals surface area contributed by atoms with Crippen molar-refractivity contribution in [1.29, 1.82) is 0 Å². The van der Waals surface area contributed by atoms with Crippen molar-refractivity contribution >= 4 is 63.1 Å². The number of anilines is 3. The Balaban J connectivity index is 1.87. The first kappa shape index (κ1) is 24.5. The fourth-order valence-corrected chi connectivity index (χ4v) is 4.05. The summed E-state index contributed by atoms with van der Waals surface area (Å²) in [6.45, 7) is 4.10. The third kappa shape index (κ3) is 5.38. The summed E-state index contributed by atoms with van der Waals surface area (Å²) >= 11 is 0. The number of nitrogens with zero attached hydrogens (tertiary/aromatic N) is 1. The molecule has 4 aromatic rings. The van der Waals surface area contributed by atoms with Crippen LogP contribution in [-0.2, 0) is 16.5 Å². The van der Waals surface area contributed by atoms with Crippen LogP contribution in [0.15, 0.2) is 60.7 Å². The molecule has 0 bridgehead atoms. The van der Waals surface area contributed by atoms with Crippen LogP contribution in [0.1, 0.15) is 25.1 Å². The summed E-state index contributed by atoms with van der Waals surface area (Å²) in [7, 11) is 1.96. The Morgan fingerprint density at radius 1 is 0.806 bits per heavy atom. The van der Waals surface area contributed by atoms with Crippen LogP contribution in [0.25, 0.3) is 33.8 Å². The highest BCUT2D eigenvalue weighted by atomic mass is 16.6. The molecular formula is C28H29N4O4+. The number of carbonyl (C=O) groups excluding carboxylic acids is 2. The molecule has 0 saturated carbocycles. The number of amides is 2. The largest absolute Gasteiger partial charge is 0.450 e. The van der Waals surface area contributed by atoms with E-state index in [1.165, 1.54) is 0 Å². The number of rotatable bonds is 6. The maximum atomic E-state index is 12.0. The minimum atomic E-state index is -0.504. The number of hydrogen-bond donors (Lipinski definition) is 3. The molecule has 0 radical (unpaired) electrons. The summed E-state index contributed by atoms with van der Waals surface area (Å²) < 4.78 is 12.1. The van der Waals surface area contributed by atoms with E-state index in [-0.39, 0.29) is 6.61 Å². The van der Waals surface area contributed by atoms with E-state index in [9.17, 15) is 9.59 Å². The Morgan fingerprint density at radius 2 is 1.39 bits per heavy atom. The highest BCUT2D eigenvalue weighted by molar-refractivity contribution is 6.09. The highest BCUT2D eigenvalue weighted by Gasteiger charge is 2.19. The van der Waals surface area contributed by atoms with E-state index in [1.54, 1.807) is 13.8 Å². The first-order valence-electron chi connectivity index (χ1n) is 11.7. The number of aryl methyl sites for hydroxylation is 1. The summed E-state index contributed by atoms with van der Waals surface area (Å²) in [5, 5.41) is 8.49. The van der Waals surface area contributed by atoms with Gasteiger partial charge in [-0.1, -0.05) is 18.2 Å². The SMILES string of the molecule is CCOC(=O)Nc1ccc2c(c1)c(/C=C/c1ccc(N)cc1)[n+](C)c1cc(NC(=O)OCC)ccc21. The Hall–Kier alpha value is -4.59. The lowest BCUT2D eigenvalue weighted by Gasteiger charge is -2.11. The molecule has 184 valence electrons. The van der Waals surface area contributed by atoms with E-state index in [2.05, 4.69) is 15.2 Å². The van der Waals surface area contributed by atoms with Crippen molar-refractivity contribution in [3.8, 4) is 0 Å². The average Bonchev–Trinajstić information content (AvgIpc) is 2.85. The molecule has 0 aliphatic heterocycles. The first-order valence-corrected chi connectivity index (χ1v) is 11.7. The summed E-state index contributed by atoms with van der Waals surface area (Å²) in [5.41, 5.74) is 10.6. The molecule has 0 fully saturated rings. The first-order chi connectivity index (χ1) is 17.4. The lowest BCUT2D eigenvalue weighted by Crippen LogP contribution is -2.33. The number of carbonyl (C=O) groups is 2. The van der Waals surface area contributed by atoms with Gasteiger partial charge in [0.2, 0.25) is 11.2 Å². The molecule has 3 aromatic carbocycles. The summed E-state index contributed by atoms with van der Waals surface area (Å²) in [4.78, 5) is 24.0. The van der Waals surface area contributed by atoms with Gasteiger partial charge in [-0.3, -0.25) is 10.6 Å². The van der Waals surface area contributed by atoms with Crippen molar-refractivity contribution < 1.29 is 23.6 Å². The van der Waals surface area contributed by atoms with Gasteiger partial charge < -0.3 is 15.2 Å². The second kappa shape index (κ2) is 10.8. The monoisotopic (exact) mass is 485 g/mol. The molecule has 2 amide bonds. The fraction of sp³-hybridized carbons (Fsp3) is 0.179. The predicted octanol–water partition coefficient (Wildman–Crippen LogP) is 5.71. The standard InChI is InChI=1S/C28H28N4O4/c1-4-35-27(33)30-20-11-13-22-23-14-12-21(31-28(34)36-5-2)17-26(23)32(3)25(24(22)16-20)15-8-18-6-9-19(29)10-7-18/h6-17H,4-5H2,1-3H3,(H3,29,30,31,33,34)/p+1. The molecule has 4 N–H and O–H groups in total. The van der Waals surface area contributed by atoms with Crippen LogP contribution in [0.3, 0.4) is 0 Å². The number of hydrogen-bond acceptors (Lipinski definition) is 5. The molecule has 4 rings (SSSR count). The number of nitrogens with one attached hydrogen (secondary N) is 2. The van der Waals surface area contributed by atoms with Gasteiger partial charge in [0.1, 0.15) is 7.05 Å². The Kier molecular flexibility index (Phi) is 7.34. The van der Waals surface area contributed by atoms with Gasteiger partial charge in [-0.25, -0.2) is 9.59 Å². The van der Waals surface area contributed by atoms with Crippen molar-refractivity contribution in [2.45, 2.75) is 13.8 Å². The number of pyridine rings is 1. The zero-order chi connectivity index (χ0) is 25.7. The van der Waals surface area contributed by atoms with Crippen molar-refractivity contribution in [2.75, 3.05) is 29.6 Å². The number of nitrogens with two attached hydrogens (primary N) is 1. The molecule has 1 aromatic heterocycles. The second-order valence-corrected chi connectivity index (χ2v) is 8.13. The molecule has 0 atom stereocenters. The van der Waals surface area contributed by atoms with Gasteiger partial charge in [0.25, 0.3) is 0 Å². The molecule has 0 aliphatic rings. The molecule has 8 heteroatoms. The third-order valence-electron chi connectivity index (χ3n) is 5.72. The highest BCUT2D eigenvalue weighted by Crippen LogP contribution is 2.30. The van der Waals surface area contributed by atoms with E-state index in [1.807, 2.05) is 79.9 Å². The maximum absolute atomic E-state index is 12.0. The Bertz CT molecular complexity index is 1460. The van der Waals surface area contributed by atoms with Gasteiger partial charge in [0.05, 0.1) is 29.7 Å². The van der Waals surface area contributed by atoms with Crippen molar-refractivity contribution in [3.05, 3.63) is 71.9 Å². The van der Waals surface area contributed by atoms with Gasteiger partial charge in [-0.15, -0.1) is 0 Å². The van der Waals surface area contributed by atoms with E-state index < -0.39 is 12.2 Å². The van der Waals surface area contributed by atoms with E-state index in [0.29, 0.717) is 23.7 Å². The smallest absolute Gasteiger partial charge is 0.411 e. The van der Waals surface area contributed by atoms with Crippen LogP contribution >= 0.6 is 0 Å². The van der Waals surface area contributed by atoms with Gasteiger partial charge in [0.15, 0.2) is 0 Å². The van der Waals surface area contributed by atoms with Gasteiger partial charge in [0, 0.05) is 28.9 Å². The number of fused-ring (bicyclic) bond motifs is 3. The van der Waals surface area contributed by atoms with Gasteiger partial charge >= 0.3 is 12.2 Å². The number of aromatic nitrogens is 1. The molecule has 8 nitrogen and oxygen atoms in total. The lowest BCUT2D eigenvalue weighted by atomic mass is 10.0. The average molecular weight is 486 g/mol. The second-order valence-electron chi connectivity index (χ2n) is 8.13. The molecular weight excluding hydrogens is 456 g/mol. The van der Waals surface area contributed by atoms with Crippen molar-refractivity contribution in [2.24, 2.45) is 7.05 Å². The molecule has 0 spiro atoms. The van der Waals surface area contributed by atoms with Gasteiger partial charge in [-0.05, 0) is 61.9 Å². The molecule has 0 saturated heterocycles. The van der Waals surface area contributed by atoms with Gasteiger partial charge in [-0.2, -0.15) is 4.57 Å². The third-order valence-corrected chi connectivity index (χ3v) is 5.72. The molecule has 36 heavy (non-hydrogen) atoms. The zero-order valence-electron chi connectivity index (χ0n) is 20.5. The summed E-state index contributed by atoms with van der Waals surface area (Å²) in [6.07, 6.45) is 3.02. The van der Waals surface area contributed by atoms with Crippen molar-refractivity contribution in [3.63, 3.8) is 0 Å². The van der Waals surface area contributed by atoms with Crippen molar-refractivity contribution in [1.82, 2.24) is 0 Å². The molecule has 0 unspecified atom stereocenters. The van der Waals surface area contributed by atoms with Crippen LogP contribution in [0.5, 0.6) is 0 Å². The van der Waals surface area contributed by atoms with E-state index >= 15 is 0 Å². The van der Waals surface area contributed by atoms with E-state index in [0.717, 1.165) is 32.9 Å². The number of nitrogen functional groups attached to an aromatic ring is 1. The number of benzene rings is 3. The lowest BCUT2D eigenvalue weighted by molar-refractivity contribution is -0.645. The van der Waals surface area contributed by atoms with Crippen LogP contribution in [0.4, 0.5) is 26.7 Å². The summed E-state index contributed by atoms with van der Waals surface area (Å²) in [6, 6.07) is 19.1. The van der Waals surface area contributed by atoms with Crippen LogP contribution in [-0.4, -0.2) is 25.4 Å². The predicted molar refractivity (Wildman–Crippen MR) is 144 cm³/mol. The Morgan fingerprint density at radius 3 is 2.00 bits per heavy atom. The fourth-order valence-electron chi connectivity index (χ4n) is 4.05. The van der Waals surface area contributed by atoms with Crippen LogP contribution in [0, 0.1) is 0 Å². The molecule has 1 heterocycles. The van der Waals surface area contributed by atoms with Crippen LogP contribution < -0.4 is 20.9 Å². The quantitative estimate of drug-likeness (QED) is 0.184. The number of ether oxygens (including phenoxy) is 2. The zero-order valence-corrected chi connectivity index (χ0v) is 20.5. The maximum Gasteiger partial charge on any atom is 0.411 e. The van der Waals surface area contributed by atoms with Crippen LogP contribution in [0.2, 0.25) is 0 Å².